The Kier molecular flexibility index (Phi) is 2.30. The maximum absolute atomic E-state index is 14.2. The third-order valence-corrected chi connectivity index (χ3v) is 3.24. The lowest BCUT2D eigenvalue weighted by atomic mass is 9.78. The summed E-state index contributed by atoms with van der Waals surface area (Å²) in [5.74, 6) is -3.09. The Balaban J connectivity index is 2.28. The van der Waals surface area contributed by atoms with E-state index in [0.717, 1.165) is 6.07 Å². The Bertz CT molecular complexity index is 626. The SMILES string of the molecule is OB(O)c1ccc2c(c1)C(F)(F)c1ccccc1-2. The number of benzene rings is 2. The van der Waals surface area contributed by atoms with Gasteiger partial charge in [-0.15, -0.1) is 0 Å². The van der Waals surface area contributed by atoms with Crippen LogP contribution in [0.4, 0.5) is 8.78 Å². The van der Waals surface area contributed by atoms with Crippen LogP contribution in [0.5, 0.6) is 0 Å². The van der Waals surface area contributed by atoms with Gasteiger partial charge in [-0.05, 0) is 16.6 Å². The Morgan fingerprint density at radius 3 is 2.28 bits per heavy atom. The van der Waals surface area contributed by atoms with E-state index >= 15 is 0 Å². The van der Waals surface area contributed by atoms with E-state index in [1.807, 2.05) is 0 Å². The molecular formula is C13H9BF2O2. The van der Waals surface area contributed by atoms with Gasteiger partial charge in [-0.1, -0.05) is 42.5 Å². The topological polar surface area (TPSA) is 40.5 Å². The first kappa shape index (κ1) is 11.4. The summed E-state index contributed by atoms with van der Waals surface area (Å²) in [6, 6.07) is 10.4. The molecule has 0 bridgehead atoms. The van der Waals surface area contributed by atoms with Crippen LogP contribution in [0.25, 0.3) is 11.1 Å². The van der Waals surface area contributed by atoms with Crippen molar-refractivity contribution in [3.63, 3.8) is 0 Å². The first-order valence-electron chi connectivity index (χ1n) is 5.50. The minimum Gasteiger partial charge on any atom is -0.423 e. The van der Waals surface area contributed by atoms with Crippen LogP contribution < -0.4 is 5.46 Å². The number of halogens is 2. The van der Waals surface area contributed by atoms with Crippen molar-refractivity contribution < 1.29 is 18.8 Å². The molecule has 90 valence electrons. The fourth-order valence-electron chi connectivity index (χ4n) is 2.35. The van der Waals surface area contributed by atoms with Crippen LogP contribution in [0.3, 0.4) is 0 Å². The van der Waals surface area contributed by atoms with Crippen molar-refractivity contribution in [3.05, 3.63) is 53.6 Å². The quantitative estimate of drug-likeness (QED) is 0.748. The zero-order chi connectivity index (χ0) is 12.9. The molecule has 18 heavy (non-hydrogen) atoms. The van der Waals surface area contributed by atoms with Gasteiger partial charge in [-0.2, -0.15) is 8.78 Å². The van der Waals surface area contributed by atoms with Crippen molar-refractivity contribution in [2.45, 2.75) is 5.92 Å². The van der Waals surface area contributed by atoms with Gasteiger partial charge < -0.3 is 10.0 Å². The molecule has 0 aliphatic heterocycles. The molecule has 0 aromatic heterocycles. The van der Waals surface area contributed by atoms with Gasteiger partial charge in [0.1, 0.15) is 0 Å². The maximum atomic E-state index is 14.2. The van der Waals surface area contributed by atoms with E-state index in [1.54, 1.807) is 18.2 Å². The summed E-state index contributed by atoms with van der Waals surface area (Å²) < 4.78 is 28.4. The minimum absolute atomic E-state index is 0.0374. The molecule has 0 spiro atoms. The molecule has 0 fully saturated rings. The predicted molar refractivity (Wildman–Crippen MR) is 64.7 cm³/mol. The van der Waals surface area contributed by atoms with Crippen LogP contribution in [0, 0.1) is 0 Å². The Hall–Kier alpha value is -1.72. The molecule has 0 unspecified atom stereocenters. The Labute approximate surface area is 103 Å². The fourth-order valence-corrected chi connectivity index (χ4v) is 2.35. The third kappa shape index (κ3) is 1.41. The molecule has 3 rings (SSSR count). The van der Waals surface area contributed by atoms with Gasteiger partial charge in [0.25, 0.3) is 5.92 Å². The largest absolute Gasteiger partial charge is 0.488 e. The molecule has 0 saturated heterocycles. The van der Waals surface area contributed by atoms with Gasteiger partial charge in [0.15, 0.2) is 0 Å². The van der Waals surface area contributed by atoms with Crippen LogP contribution in [-0.2, 0) is 5.92 Å². The summed E-state index contributed by atoms with van der Waals surface area (Å²) in [4.78, 5) is 0. The van der Waals surface area contributed by atoms with Gasteiger partial charge in [-0.3, -0.25) is 0 Å². The smallest absolute Gasteiger partial charge is 0.423 e. The van der Waals surface area contributed by atoms with Crippen molar-refractivity contribution in [2.75, 3.05) is 0 Å². The van der Waals surface area contributed by atoms with Crippen molar-refractivity contribution in [3.8, 4) is 11.1 Å². The molecule has 0 heterocycles. The summed E-state index contributed by atoms with van der Waals surface area (Å²) in [5.41, 5.74) is 0.802. The highest BCUT2D eigenvalue weighted by Gasteiger charge is 2.44. The van der Waals surface area contributed by atoms with E-state index in [9.17, 15) is 8.78 Å². The van der Waals surface area contributed by atoms with E-state index < -0.39 is 13.0 Å². The molecule has 1 aliphatic carbocycles. The third-order valence-electron chi connectivity index (χ3n) is 3.24. The molecule has 5 heteroatoms. The molecule has 0 saturated carbocycles. The van der Waals surface area contributed by atoms with Gasteiger partial charge in [0, 0.05) is 11.1 Å². The number of fused-ring (bicyclic) bond motifs is 3. The highest BCUT2D eigenvalue weighted by Crippen LogP contribution is 2.50. The molecule has 0 atom stereocenters. The first-order chi connectivity index (χ1) is 8.51. The molecule has 0 amide bonds. The Morgan fingerprint density at radius 2 is 1.56 bits per heavy atom. The molecule has 2 nitrogen and oxygen atoms in total. The zero-order valence-electron chi connectivity index (χ0n) is 9.27. The zero-order valence-corrected chi connectivity index (χ0v) is 9.27. The van der Waals surface area contributed by atoms with E-state index in [-0.39, 0.29) is 16.6 Å². The van der Waals surface area contributed by atoms with Crippen molar-refractivity contribution in [2.24, 2.45) is 0 Å². The second-order valence-electron chi connectivity index (χ2n) is 4.30. The van der Waals surface area contributed by atoms with E-state index in [2.05, 4.69) is 0 Å². The molecular weight excluding hydrogens is 237 g/mol. The van der Waals surface area contributed by atoms with Gasteiger partial charge in [0.05, 0.1) is 0 Å². The summed E-state index contributed by atoms with van der Waals surface area (Å²) in [5, 5.41) is 18.1. The van der Waals surface area contributed by atoms with Crippen molar-refractivity contribution in [1.29, 1.82) is 0 Å². The summed E-state index contributed by atoms with van der Waals surface area (Å²) in [7, 11) is -1.74. The van der Waals surface area contributed by atoms with E-state index in [4.69, 9.17) is 10.0 Å². The lowest BCUT2D eigenvalue weighted by Gasteiger charge is -2.12. The highest BCUT2D eigenvalue weighted by atomic mass is 19.3. The standard InChI is InChI=1S/C13H9BF2O2/c15-13(16)11-4-2-1-3-9(11)10-6-5-8(14(17)18)7-12(10)13/h1-7,17-18H. The van der Waals surface area contributed by atoms with Crippen molar-refractivity contribution in [1.82, 2.24) is 0 Å². The van der Waals surface area contributed by atoms with E-state index in [1.165, 1.54) is 18.2 Å². The van der Waals surface area contributed by atoms with Gasteiger partial charge >= 0.3 is 7.12 Å². The fraction of sp³-hybridized carbons (Fsp3) is 0.0769. The van der Waals surface area contributed by atoms with Crippen molar-refractivity contribution >= 4 is 12.6 Å². The van der Waals surface area contributed by atoms with Crippen LogP contribution in [0.15, 0.2) is 42.5 Å². The first-order valence-corrected chi connectivity index (χ1v) is 5.50. The van der Waals surface area contributed by atoms with Gasteiger partial charge in [-0.25, -0.2) is 0 Å². The summed E-state index contributed by atoms with van der Waals surface area (Å²) >= 11 is 0. The summed E-state index contributed by atoms with van der Waals surface area (Å²) in [6.45, 7) is 0. The second-order valence-corrected chi connectivity index (χ2v) is 4.30. The lowest BCUT2D eigenvalue weighted by Crippen LogP contribution is -2.30. The number of hydrogen-bond acceptors (Lipinski definition) is 2. The van der Waals surface area contributed by atoms with Crippen LogP contribution >= 0.6 is 0 Å². The lowest BCUT2D eigenvalue weighted by molar-refractivity contribution is 0.0481. The maximum Gasteiger partial charge on any atom is 0.488 e. The Morgan fingerprint density at radius 1 is 0.889 bits per heavy atom. The molecule has 1 aliphatic rings. The second kappa shape index (κ2) is 3.64. The van der Waals surface area contributed by atoms with Crippen LogP contribution in [0.1, 0.15) is 11.1 Å². The normalized spacial score (nSPS) is 15.1. The van der Waals surface area contributed by atoms with Gasteiger partial charge in [0.2, 0.25) is 0 Å². The number of hydrogen-bond donors (Lipinski definition) is 2. The average Bonchev–Trinajstić information content (AvgIpc) is 2.59. The summed E-state index contributed by atoms with van der Waals surface area (Å²) in [6.07, 6.45) is 0. The van der Waals surface area contributed by atoms with Crippen LogP contribution in [-0.4, -0.2) is 17.2 Å². The molecule has 2 N–H and O–H groups in total. The monoisotopic (exact) mass is 246 g/mol. The average molecular weight is 246 g/mol. The molecule has 2 aromatic carbocycles. The predicted octanol–water partition coefficient (Wildman–Crippen LogP) is 1.49. The molecule has 0 radical (unpaired) electrons. The molecule has 2 aromatic rings. The minimum atomic E-state index is -3.09. The highest BCUT2D eigenvalue weighted by molar-refractivity contribution is 6.58. The van der Waals surface area contributed by atoms with E-state index in [0.29, 0.717) is 11.1 Å². The van der Waals surface area contributed by atoms with Crippen LogP contribution in [0.2, 0.25) is 0 Å². The number of rotatable bonds is 1. The number of alkyl halides is 2.